The summed E-state index contributed by atoms with van der Waals surface area (Å²) in [4.78, 5) is 17.5. The number of para-hydroxylation sites is 1. The van der Waals surface area contributed by atoms with Crippen molar-refractivity contribution in [2.24, 2.45) is 0 Å². The third kappa shape index (κ3) is 2.65. The Labute approximate surface area is 138 Å². The average molecular weight is 326 g/mol. The maximum atomic E-state index is 12.4. The van der Waals surface area contributed by atoms with E-state index in [1.165, 1.54) is 24.2 Å². The van der Waals surface area contributed by atoms with Gasteiger partial charge in [-0.05, 0) is 32.8 Å². The third-order valence-corrected chi connectivity index (χ3v) is 5.45. The second kappa shape index (κ2) is 5.49. The van der Waals surface area contributed by atoms with Gasteiger partial charge in [0.1, 0.15) is 16.2 Å². The van der Waals surface area contributed by atoms with E-state index in [0.29, 0.717) is 10.8 Å². The average Bonchev–Trinajstić information content (AvgIpc) is 3.18. The molecule has 23 heavy (non-hydrogen) atoms. The highest BCUT2D eigenvalue weighted by atomic mass is 32.1. The summed E-state index contributed by atoms with van der Waals surface area (Å²) in [6.45, 7) is 3.98. The lowest BCUT2D eigenvalue weighted by atomic mass is 10.1. The van der Waals surface area contributed by atoms with Crippen LogP contribution in [-0.4, -0.2) is 10.9 Å². The van der Waals surface area contributed by atoms with E-state index in [1.807, 2.05) is 38.1 Å². The van der Waals surface area contributed by atoms with Gasteiger partial charge in [0, 0.05) is 16.9 Å². The summed E-state index contributed by atoms with van der Waals surface area (Å²) < 4.78 is 5.92. The molecule has 3 aromatic rings. The molecule has 1 amide bonds. The summed E-state index contributed by atoms with van der Waals surface area (Å²) in [5.41, 5.74) is 1.94. The monoisotopic (exact) mass is 326 g/mol. The largest absolute Gasteiger partial charge is 0.459 e. The van der Waals surface area contributed by atoms with Crippen molar-refractivity contribution in [1.29, 1.82) is 0 Å². The summed E-state index contributed by atoms with van der Waals surface area (Å²) in [5.74, 6) is 1.31. The molecular weight excluding hydrogens is 308 g/mol. The molecule has 1 N–H and O–H groups in total. The maximum absolute atomic E-state index is 12.4. The molecule has 0 spiro atoms. The number of hydrogen-bond acceptors (Lipinski definition) is 4. The zero-order valence-electron chi connectivity index (χ0n) is 13.1. The van der Waals surface area contributed by atoms with Crippen LogP contribution < -0.4 is 5.32 Å². The maximum Gasteiger partial charge on any atom is 0.263 e. The molecule has 1 aromatic carbocycles. The van der Waals surface area contributed by atoms with Gasteiger partial charge in [-0.1, -0.05) is 18.2 Å². The van der Waals surface area contributed by atoms with Gasteiger partial charge in [0.05, 0.1) is 17.2 Å². The van der Waals surface area contributed by atoms with Crippen LogP contribution in [0.3, 0.4) is 0 Å². The molecule has 4 rings (SSSR count). The first-order valence-electron chi connectivity index (χ1n) is 7.88. The smallest absolute Gasteiger partial charge is 0.263 e. The molecule has 1 atom stereocenters. The molecule has 1 aliphatic carbocycles. The van der Waals surface area contributed by atoms with Crippen molar-refractivity contribution in [3.8, 4) is 0 Å². The summed E-state index contributed by atoms with van der Waals surface area (Å²) in [5, 5.41) is 5.21. The van der Waals surface area contributed by atoms with Crippen LogP contribution in [0.5, 0.6) is 0 Å². The number of amides is 1. The van der Waals surface area contributed by atoms with E-state index in [4.69, 9.17) is 4.42 Å². The number of nitrogens with zero attached hydrogens (tertiary/aromatic N) is 1. The highest BCUT2D eigenvalue weighted by Crippen LogP contribution is 2.41. The van der Waals surface area contributed by atoms with Gasteiger partial charge in [0.15, 0.2) is 0 Å². The quantitative estimate of drug-likeness (QED) is 0.764. The Morgan fingerprint density at radius 3 is 2.91 bits per heavy atom. The fourth-order valence-electron chi connectivity index (χ4n) is 2.85. The zero-order chi connectivity index (χ0) is 16.0. The molecule has 5 heteroatoms. The van der Waals surface area contributed by atoms with Gasteiger partial charge in [0.2, 0.25) is 0 Å². The molecule has 0 bridgehead atoms. The third-order valence-electron chi connectivity index (χ3n) is 4.30. The summed E-state index contributed by atoms with van der Waals surface area (Å²) >= 11 is 1.50. The molecular formula is C18H18N2O2S. The number of thiazole rings is 1. The van der Waals surface area contributed by atoms with Gasteiger partial charge >= 0.3 is 0 Å². The molecule has 2 aromatic heterocycles. The van der Waals surface area contributed by atoms with E-state index in [-0.39, 0.29) is 11.9 Å². The molecule has 118 valence electrons. The normalized spacial score (nSPS) is 15.7. The second-order valence-electron chi connectivity index (χ2n) is 6.12. The minimum absolute atomic E-state index is 0.0817. The molecule has 1 unspecified atom stereocenters. The first-order valence-corrected chi connectivity index (χ1v) is 8.69. The number of benzene rings is 1. The first-order chi connectivity index (χ1) is 11.1. The molecule has 0 radical (unpaired) electrons. The number of nitrogens with one attached hydrogen (secondary N) is 1. The highest BCUT2D eigenvalue weighted by Gasteiger charge is 2.28. The van der Waals surface area contributed by atoms with Crippen molar-refractivity contribution in [2.45, 2.75) is 38.6 Å². The molecule has 2 heterocycles. The molecule has 1 aliphatic rings. The first kappa shape index (κ1) is 14.5. The van der Waals surface area contributed by atoms with Gasteiger partial charge in [-0.3, -0.25) is 4.79 Å². The number of aryl methyl sites for hydroxylation is 1. The molecule has 1 fully saturated rings. The van der Waals surface area contributed by atoms with Crippen LogP contribution in [0.2, 0.25) is 0 Å². The molecule has 0 aliphatic heterocycles. The minimum Gasteiger partial charge on any atom is -0.459 e. The Hall–Kier alpha value is -2.14. The van der Waals surface area contributed by atoms with Crippen molar-refractivity contribution in [3.05, 3.63) is 51.7 Å². The van der Waals surface area contributed by atoms with Gasteiger partial charge in [0.25, 0.3) is 5.91 Å². The fourth-order valence-corrected chi connectivity index (χ4v) is 3.84. The van der Waals surface area contributed by atoms with E-state index in [2.05, 4.69) is 10.3 Å². The minimum atomic E-state index is -0.179. The number of hydrogen-bond donors (Lipinski definition) is 1. The van der Waals surface area contributed by atoms with Crippen LogP contribution in [0, 0.1) is 6.92 Å². The van der Waals surface area contributed by atoms with E-state index < -0.39 is 0 Å². The van der Waals surface area contributed by atoms with Crippen LogP contribution in [0.15, 0.2) is 34.9 Å². The Morgan fingerprint density at radius 2 is 2.17 bits per heavy atom. The van der Waals surface area contributed by atoms with Crippen LogP contribution in [0.4, 0.5) is 0 Å². The Balaban J connectivity index is 1.54. The SMILES string of the molecule is Cc1c(C(C)NC(=O)c2cnc(C3CC3)s2)oc2ccccc12. The lowest BCUT2D eigenvalue weighted by Gasteiger charge is -2.11. The lowest BCUT2D eigenvalue weighted by Crippen LogP contribution is -2.26. The predicted octanol–water partition coefficient (Wildman–Crippen LogP) is 4.57. The predicted molar refractivity (Wildman–Crippen MR) is 90.9 cm³/mol. The van der Waals surface area contributed by atoms with E-state index >= 15 is 0 Å². The van der Waals surface area contributed by atoms with E-state index in [9.17, 15) is 4.79 Å². The van der Waals surface area contributed by atoms with E-state index in [0.717, 1.165) is 27.3 Å². The fraction of sp³-hybridized carbons (Fsp3) is 0.333. The Kier molecular flexibility index (Phi) is 3.45. The number of furan rings is 1. The molecule has 4 nitrogen and oxygen atoms in total. The summed E-state index contributed by atoms with van der Waals surface area (Å²) in [7, 11) is 0. The molecule has 0 saturated heterocycles. The van der Waals surface area contributed by atoms with Crippen molar-refractivity contribution >= 4 is 28.2 Å². The van der Waals surface area contributed by atoms with Gasteiger partial charge in [-0.2, -0.15) is 0 Å². The topological polar surface area (TPSA) is 55.1 Å². The Bertz CT molecular complexity index is 876. The summed E-state index contributed by atoms with van der Waals surface area (Å²) in [6, 6.07) is 7.76. The number of fused-ring (bicyclic) bond motifs is 1. The number of aromatic nitrogens is 1. The van der Waals surface area contributed by atoms with Crippen molar-refractivity contribution in [3.63, 3.8) is 0 Å². The van der Waals surface area contributed by atoms with E-state index in [1.54, 1.807) is 6.20 Å². The van der Waals surface area contributed by atoms with Gasteiger partial charge in [-0.15, -0.1) is 11.3 Å². The van der Waals surface area contributed by atoms with Gasteiger partial charge in [-0.25, -0.2) is 4.98 Å². The lowest BCUT2D eigenvalue weighted by molar-refractivity contribution is 0.0939. The summed E-state index contributed by atoms with van der Waals surface area (Å²) in [6.07, 6.45) is 4.08. The molecule has 1 saturated carbocycles. The zero-order valence-corrected chi connectivity index (χ0v) is 13.9. The van der Waals surface area contributed by atoms with Crippen LogP contribution >= 0.6 is 11.3 Å². The van der Waals surface area contributed by atoms with Crippen LogP contribution in [0.1, 0.15) is 57.7 Å². The number of rotatable bonds is 4. The number of carbonyl (C=O) groups excluding carboxylic acids is 1. The standard InChI is InChI=1S/C18H18N2O2S/c1-10-13-5-3-4-6-14(13)22-16(10)11(2)20-17(21)15-9-19-18(23-15)12-7-8-12/h3-6,9,11-12H,7-8H2,1-2H3,(H,20,21). The Morgan fingerprint density at radius 1 is 1.39 bits per heavy atom. The van der Waals surface area contributed by atoms with Crippen molar-refractivity contribution < 1.29 is 9.21 Å². The van der Waals surface area contributed by atoms with Gasteiger partial charge < -0.3 is 9.73 Å². The van der Waals surface area contributed by atoms with Crippen molar-refractivity contribution in [1.82, 2.24) is 10.3 Å². The van der Waals surface area contributed by atoms with Crippen LogP contribution in [-0.2, 0) is 0 Å². The highest BCUT2D eigenvalue weighted by molar-refractivity contribution is 7.13. The number of carbonyl (C=O) groups is 1. The van der Waals surface area contributed by atoms with Crippen LogP contribution in [0.25, 0.3) is 11.0 Å². The van der Waals surface area contributed by atoms with Crippen molar-refractivity contribution in [2.75, 3.05) is 0 Å². The second-order valence-corrected chi connectivity index (χ2v) is 7.18.